The quantitative estimate of drug-likeness (QED) is 0.0624. The van der Waals surface area contributed by atoms with Gasteiger partial charge in [-0.15, -0.1) is 0 Å². The van der Waals surface area contributed by atoms with Gasteiger partial charge >= 0.3 is 23.3 Å². The minimum absolute atomic E-state index is 1.19. The van der Waals surface area contributed by atoms with E-state index in [1.54, 1.807) is 0 Å². The van der Waals surface area contributed by atoms with Gasteiger partial charge < -0.3 is 4.55 Å². The maximum Gasteiger partial charge on any atom is 0.460 e. The average Bonchev–Trinajstić information content (AvgIpc) is 3.31. The first-order valence-corrected chi connectivity index (χ1v) is 15.5. The van der Waals surface area contributed by atoms with Crippen LogP contribution in [0.4, 0.5) is 39.5 Å². The molecule has 1 aromatic heterocycles. The molecule has 244 valence electrons. The first kappa shape index (κ1) is 39.5. The highest BCUT2D eigenvalue weighted by atomic mass is 32.2. The SMILES string of the molecule is CCCCCCCCCCCCn1cc[n+](CCCCCCC)c1.O=S(=O)([O-])C(F)(F)C(F)(F)C(F)(F)C(F)(F)F. The third kappa shape index (κ3) is 13.1. The molecule has 1 heterocycles. The molecule has 0 amide bonds. The Morgan fingerprint density at radius 1 is 0.659 bits per heavy atom. The lowest BCUT2D eigenvalue weighted by molar-refractivity contribution is -0.696. The monoisotopic (exact) mass is 634 g/mol. The predicted molar refractivity (Wildman–Crippen MR) is 136 cm³/mol. The molecule has 0 unspecified atom stereocenters. The van der Waals surface area contributed by atoms with Crippen LogP contribution in [0.3, 0.4) is 0 Å². The summed E-state index contributed by atoms with van der Waals surface area (Å²) in [6, 6.07) is 0. The van der Waals surface area contributed by atoms with Crippen molar-refractivity contribution in [1.29, 1.82) is 0 Å². The van der Waals surface area contributed by atoms with Crippen LogP contribution >= 0.6 is 0 Å². The van der Waals surface area contributed by atoms with E-state index in [4.69, 9.17) is 0 Å². The van der Waals surface area contributed by atoms with E-state index >= 15 is 0 Å². The molecule has 0 aliphatic carbocycles. The Bertz CT molecular complexity index is 937. The lowest BCUT2D eigenvalue weighted by Gasteiger charge is -2.34. The molecular weight excluding hydrogens is 591 g/mol. The fraction of sp³-hybridized carbons (Fsp3) is 0.885. The zero-order valence-electron chi connectivity index (χ0n) is 23.7. The second kappa shape index (κ2) is 18.2. The number of hydrogen-bond acceptors (Lipinski definition) is 3. The summed E-state index contributed by atoms with van der Waals surface area (Å²) in [6.07, 6.45) is 20.6. The number of unbranched alkanes of at least 4 members (excludes halogenated alkanes) is 13. The molecule has 0 aliphatic heterocycles. The van der Waals surface area contributed by atoms with Crippen LogP contribution in [-0.2, 0) is 23.2 Å². The normalized spacial score (nSPS) is 13.3. The predicted octanol–water partition coefficient (Wildman–Crippen LogP) is 8.62. The summed E-state index contributed by atoms with van der Waals surface area (Å²) < 4.78 is 140. The molecule has 0 spiro atoms. The summed E-state index contributed by atoms with van der Waals surface area (Å²) in [5.74, 6) is -14.8. The van der Waals surface area contributed by atoms with Gasteiger partial charge in [-0.1, -0.05) is 84.5 Å². The molecule has 1 aromatic rings. The van der Waals surface area contributed by atoms with Crippen molar-refractivity contribution in [2.45, 2.75) is 147 Å². The van der Waals surface area contributed by atoms with Crippen molar-refractivity contribution in [2.24, 2.45) is 0 Å². The van der Waals surface area contributed by atoms with Gasteiger partial charge in [-0.25, -0.2) is 17.6 Å². The van der Waals surface area contributed by atoms with Crippen molar-refractivity contribution in [1.82, 2.24) is 4.57 Å². The zero-order chi connectivity index (χ0) is 31.8. The molecule has 0 saturated carbocycles. The Morgan fingerprint density at radius 2 is 1.07 bits per heavy atom. The molecule has 15 heteroatoms. The number of nitrogens with zero attached hydrogens (tertiary/aromatic N) is 2. The van der Waals surface area contributed by atoms with Gasteiger partial charge in [0.25, 0.3) is 0 Å². The van der Waals surface area contributed by atoms with Crippen molar-refractivity contribution in [2.75, 3.05) is 0 Å². The van der Waals surface area contributed by atoms with Gasteiger partial charge in [-0.05, 0) is 25.7 Å². The van der Waals surface area contributed by atoms with Gasteiger partial charge in [0.05, 0.1) is 13.1 Å². The van der Waals surface area contributed by atoms with Crippen molar-refractivity contribution in [3.05, 3.63) is 18.7 Å². The Hall–Kier alpha value is -1.51. The molecule has 0 atom stereocenters. The smallest absolute Gasteiger partial charge is 0.460 e. The highest BCUT2D eigenvalue weighted by molar-refractivity contribution is 7.86. The van der Waals surface area contributed by atoms with Crippen molar-refractivity contribution < 1.29 is 57.1 Å². The Balaban J connectivity index is 0.000000831. The van der Waals surface area contributed by atoms with Crippen LogP contribution in [0.2, 0.25) is 0 Å². The molecule has 0 bridgehead atoms. The summed E-state index contributed by atoms with van der Waals surface area (Å²) >= 11 is 0. The minimum atomic E-state index is -7.43. The first-order chi connectivity index (χ1) is 18.9. The first-order valence-electron chi connectivity index (χ1n) is 14.1. The van der Waals surface area contributed by atoms with Crippen LogP contribution in [0.25, 0.3) is 0 Å². The largest absolute Gasteiger partial charge is 0.743 e. The van der Waals surface area contributed by atoms with E-state index in [0.29, 0.717) is 0 Å². The summed E-state index contributed by atoms with van der Waals surface area (Å²) in [7, 11) is -7.42. The van der Waals surface area contributed by atoms with Gasteiger partial charge in [-0.3, -0.25) is 0 Å². The summed E-state index contributed by atoms with van der Waals surface area (Å²) in [5, 5.41) is -7.11. The third-order valence-electron chi connectivity index (χ3n) is 6.47. The highest BCUT2D eigenvalue weighted by Gasteiger charge is 2.83. The van der Waals surface area contributed by atoms with E-state index in [0.717, 1.165) is 0 Å². The molecule has 0 aliphatic rings. The van der Waals surface area contributed by atoms with E-state index in [9.17, 15) is 52.5 Å². The van der Waals surface area contributed by atoms with Crippen LogP contribution in [0.15, 0.2) is 18.7 Å². The van der Waals surface area contributed by atoms with E-state index < -0.39 is 33.4 Å². The summed E-state index contributed by atoms with van der Waals surface area (Å²) in [6.45, 7) is 6.95. The maximum atomic E-state index is 12.2. The van der Waals surface area contributed by atoms with Crippen LogP contribution < -0.4 is 4.57 Å². The number of aromatic nitrogens is 2. The van der Waals surface area contributed by atoms with Crippen LogP contribution in [0.1, 0.15) is 110 Å². The average molecular weight is 635 g/mol. The van der Waals surface area contributed by atoms with E-state index in [1.165, 1.54) is 109 Å². The van der Waals surface area contributed by atoms with Gasteiger partial charge in [-0.2, -0.15) is 39.5 Å². The van der Waals surface area contributed by atoms with Crippen LogP contribution in [-0.4, -0.2) is 40.8 Å². The summed E-state index contributed by atoms with van der Waals surface area (Å²) in [4.78, 5) is 0. The second-order valence-corrected chi connectivity index (χ2v) is 11.5. The molecular formula is C26H43F9N2O3S. The molecule has 0 fully saturated rings. The Kier molecular flexibility index (Phi) is 17.5. The van der Waals surface area contributed by atoms with Crippen molar-refractivity contribution in [3.63, 3.8) is 0 Å². The van der Waals surface area contributed by atoms with E-state index in [1.807, 2.05) is 0 Å². The molecule has 41 heavy (non-hydrogen) atoms. The number of rotatable bonds is 20. The van der Waals surface area contributed by atoms with Crippen LogP contribution in [0.5, 0.6) is 0 Å². The third-order valence-corrected chi connectivity index (χ3v) is 7.35. The van der Waals surface area contributed by atoms with Gasteiger partial charge in [0.2, 0.25) is 6.33 Å². The zero-order valence-corrected chi connectivity index (χ0v) is 24.5. The number of hydrogen-bond donors (Lipinski definition) is 0. The highest BCUT2D eigenvalue weighted by Crippen LogP contribution is 2.54. The number of alkyl halides is 9. The van der Waals surface area contributed by atoms with Crippen LogP contribution in [0, 0.1) is 0 Å². The topological polar surface area (TPSA) is 66.0 Å². The number of halogens is 9. The van der Waals surface area contributed by atoms with E-state index in [2.05, 4.69) is 41.7 Å². The fourth-order valence-electron chi connectivity index (χ4n) is 3.90. The van der Waals surface area contributed by atoms with E-state index in [-0.39, 0.29) is 0 Å². The van der Waals surface area contributed by atoms with Crippen molar-refractivity contribution >= 4 is 10.1 Å². The molecule has 0 radical (unpaired) electrons. The maximum absolute atomic E-state index is 12.2. The second-order valence-electron chi connectivity index (χ2n) is 10.1. The van der Waals surface area contributed by atoms with Gasteiger partial charge in [0.1, 0.15) is 12.4 Å². The van der Waals surface area contributed by atoms with Gasteiger partial charge in [0, 0.05) is 0 Å². The Morgan fingerprint density at radius 3 is 1.49 bits per heavy atom. The Labute approximate surface area is 237 Å². The lowest BCUT2D eigenvalue weighted by atomic mass is 10.1. The number of aryl methyl sites for hydroxylation is 2. The standard InChI is InChI=1S/C22H43N2.C4HF9O3S/c1-3-5-7-9-10-11-12-13-15-17-19-24-21-20-23(22-24)18-16-14-8-6-4-2;5-1(6,3(9,10)11)2(7,8)4(12,13)17(14,15)16/h20-22H,3-19H2,1-2H3;(H,14,15,16)/q+1;/p-1. The fourth-order valence-corrected chi connectivity index (χ4v) is 4.34. The van der Waals surface area contributed by atoms with Gasteiger partial charge in [0.15, 0.2) is 10.1 Å². The molecule has 0 N–H and O–H groups in total. The number of imidazole rings is 1. The molecule has 1 rings (SSSR count). The molecule has 5 nitrogen and oxygen atoms in total. The molecule has 0 saturated heterocycles. The molecule has 0 aromatic carbocycles. The van der Waals surface area contributed by atoms with Crippen molar-refractivity contribution in [3.8, 4) is 0 Å². The minimum Gasteiger partial charge on any atom is -0.743 e. The lowest BCUT2D eigenvalue weighted by Crippen LogP contribution is -2.63. The summed E-state index contributed by atoms with van der Waals surface area (Å²) in [5.41, 5.74) is 0.